The molecule has 3 aliphatic rings. The van der Waals surface area contributed by atoms with Gasteiger partial charge in [-0.25, -0.2) is 9.78 Å². The molecule has 1 atom stereocenters. The van der Waals surface area contributed by atoms with Gasteiger partial charge in [0.1, 0.15) is 24.3 Å². The molecule has 0 bridgehead atoms. The molecule has 0 spiro atoms. The third kappa shape index (κ3) is 12.8. The first-order chi connectivity index (χ1) is 33.0. The van der Waals surface area contributed by atoms with E-state index in [0.29, 0.717) is 66.0 Å². The van der Waals surface area contributed by atoms with Crippen LogP contribution in [0.3, 0.4) is 0 Å². The Morgan fingerprint density at radius 3 is 2.34 bits per heavy atom. The molecule has 4 heterocycles. The average Bonchev–Trinajstić information content (AvgIpc) is 3.68. The number of fused-ring (bicyclic) bond motifs is 1. The van der Waals surface area contributed by atoms with Crippen molar-refractivity contribution in [2.75, 3.05) is 100 Å². The first kappa shape index (κ1) is 48.7. The van der Waals surface area contributed by atoms with Gasteiger partial charge in [0.15, 0.2) is 11.6 Å². The molecule has 0 aliphatic carbocycles. The van der Waals surface area contributed by atoms with Crippen molar-refractivity contribution in [3.63, 3.8) is 0 Å². The molecule has 4 aromatic rings. The first-order valence-electron chi connectivity index (χ1n) is 22.0. The van der Waals surface area contributed by atoms with Gasteiger partial charge in [0.2, 0.25) is 23.7 Å². The lowest BCUT2D eigenvalue weighted by molar-refractivity contribution is -0.137. The summed E-state index contributed by atoms with van der Waals surface area (Å²) in [6, 6.07) is 18.8. The van der Waals surface area contributed by atoms with Crippen LogP contribution in [0.4, 0.5) is 39.3 Å². The largest absolute Gasteiger partial charge is 0.379 e. The van der Waals surface area contributed by atoms with E-state index in [2.05, 4.69) is 46.8 Å². The number of nitrogens with zero attached hydrogens (tertiary/aromatic N) is 5. The number of halogens is 1. The maximum absolute atomic E-state index is 13.0. The Bertz CT molecular complexity index is 2500. The maximum Gasteiger partial charge on any atom is 0.317 e. The molecule has 22 heteroatoms. The number of ether oxygens (including phenoxy) is 3. The van der Waals surface area contributed by atoms with Crippen LogP contribution in [-0.4, -0.2) is 147 Å². The fraction of sp³-hybridized carbons (Fsp3) is 0.370. The zero-order chi connectivity index (χ0) is 48.0. The fourth-order valence-electron chi connectivity index (χ4n) is 7.68. The highest BCUT2D eigenvalue weighted by Crippen LogP contribution is 2.33. The molecular formula is C46H52ClN11O10. The average molecular weight is 954 g/mol. The number of hydrogen-bond donors (Lipinski definition) is 6. The van der Waals surface area contributed by atoms with Crippen LogP contribution in [0.5, 0.6) is 0 Å². The molecule has 1 unspecified atom stereocenters. The number of Topliss-reactive ketones (excluding diaryl/α,β-unsaturated/α-hetero) is 1. The second-order valence-electron chi connectivity index (χ2n) is 15.8. The molecule has 1 aromatic heterocycles. The van der Waals surface area contributed by atoms with Crippen LogP contribution in [0.15, 0.2) is 72.9 Å². The number of carbonyl (C=O) groups is 7. The third-order valence-electron chi connectivity index (χ3n) is 11.2. The number of amides is 7. The van der Waals surface area contributed by atoms with Gasteiger partial charge in [-0.05, 0) is 55.0 Å². The molecule has 2 fully saturated rings. The van der Waals surface area contributed by atoms with Gasteiger partial charge in [-0.3, -0.25) is 34.1 Å². The minimum atomic E-state index is -0.756. The zero-order valence-electron chi connectivity index (χ0n) is 37.3. The standard InChI is InChI=1S/C46H52ClN11O10/c1-48-42(62)33-5-2-3-7-36(33)53-41-35(47)25-50-45(55-41)51-29-9-11-30(12-10-29)56-17-19-57(20-18-56)46(65)49-16-22-67-27-31(59)28-68-24-23-66-21-15-40(61)52-37-8-4-6-32-34(37)26-58(44(32)64)38-13-14-39(60)54-43(38)63/h2-12,25,38H,13-24,26-28H2,1H3,(H,48,62)(H,49,65)(H,52,61)(H,54,60,63)(H2,50,51,53,55). The summed E-state index contributed by atoms with van der Waals surface area (Å²) in [4.78, 5) is 101. The minimum Gasteiger partial charge on any atom is -0.379 e. The second-order valence-corrected chi connectivity index (χ2v) is 16.2. The number of para-hydroxylation sites is 1. The van der Waals surface area contributed by atoms with Crippen molar-refractivity contribution in [1.82, 2.24) is 35.7 Å². The highest BCUT2D eigenvalue weighted by atomic mass is 35.5. The predicted octanol–water partition coefficient (Wildman–Crippen LogP) is 3.22. The molecule has 3 aliphatic heterocycles. The van der Waals surface area contributed by atoms with E-state index < -0.39 is 11.9 Å². The van der Waals surface area contributed by atoms with Gasteiger partial charge in [-0.2, -0.15) is 4.98 Å². The summed E-state index contributed by atoms with van der Waals surface area (Å²) < 4.78 is 16.3. The van der Waals surface area contributed by atoms with Gasteiger partial charge in [0.05, 0.1) is 50.3 Å². The fourth-order valence-corrected chi connectivity index (χ4v) is 7.81. The van der Waals surface area contributed by atoms with Gasteiger partial charge in [0, 0.05) is 80.9 Å². The first-order valence-corrected chi connectivity index (χ1v) is 22.4. The molecule has 358 valence electrons. The van der Waals surface area contributed by atoms with Crippen molar-refractivity contribution in [1.29, 1.82) is 0 Å². The molecular weight excluding hydrogens is 902 g/mol. The highest BCUT2D eigenvalue weighted by molar-refractivity contribution is 6.33. The van der Waals surface area contributed by atoms with Crippen LogP contribution >= 0.6 is 11.6 Å². The molecule has 7 amide bonds. The predicted molar refractivity (Wildman–Crippen MR) is 250 cm³/mol. The Morgan fingerprint density at radius 1 is 0.838 bits per heavy atom. The van der Waals surface area contributed by atoms with E-state index in [9.17, 15) is 33.6 Å². The Balaban J connectivity index is 0.713. The zero-order valence-corrected chi connectivity index (χ0v) is 38.1. The van der Waals surface area contributed by atoms with E-state index in [1.807, 2.05) is 24.3 Å². The number of piperazine rings is 1. The Kier molecular flexibility index (Phi) is 16.8. The van der Waals surface area contributed by atoms with Crippen LogP contribution in [0.2, 0.25) is 5.02 Å². The number of hydrogen-bond acceptors (Lipinski definition) is 15. The summed E-state index contributed by atoms with van der Waals surface area (Å²) in [6.07, 6.45) is 1.90. The molecule has 7 rings (SSSR count). The molecule has 2 saturated heterocycles. The molecule has 3 aromatic carbocycles. The number of carbonyl (C=O) groups excluding carboxylic acids is 7. The topological polar surface area (TPSA) is 255 Å². The van der Waals surface area contributed by atoms with Crippen molar-refractivity contribution in [3.8, 4) is 0 Å². The lowest BCUT2D eigenvalue weighted by Crippen LogP contribution is -2.52. The summed E-state index contributed by atoms with van der Waals surface area (Å²) in [6.45, 7) is 2.84. The smallest absolute Gasteiger partial charge is 0.317 e. The number of piperidine rings is 1. The van der Waals surface area contributed by atoms with Crippen LogP contribution < -0.4 is 36.8 Å². The van der Waals surface area contributed by atoms with E-state index in [4.69, 9.17) is 25.8 Å². The number of urea groups is 1. The number of benzene rings is 3. The van der Waals surface area contributed by atoms with Crippen molar-refractivity contribution < 1.29 is 47.8 Å². The number of ketones is 1. The Morgan fingerprint density at radius 2 is 1.57 bits per heavy atom. The third-order valence-corrected chi connectivity index (χ3v) is 11.5. The Labute approximate surface area is 396 Å². The number of nitrogens with one attached hydrogen (secondary N) is 6. The van der Waals surface area contributed by atoms with Crippen molar-refractivity contribution in [2.45, 2.75) is 31.8 Å². The van der Waals surface area contributed by atoms with Crippen LogP contribution in [-0.2, 0) is 39.9 Å². The van der Waals surface area contributed by atoms with Crippen molar-refractivity contribution >= 4 is 87.5 Å². The summed E-state index contributed by atoms with van der Waals surface area (Å²) >= 11 is 6.38. The number of rotatable bonds is 21. The summed E-state index contributed by atoms with van der Waals surface area (Å²) in [5, 5.41) is 17.1. The van der Waals surface area contributed by atoms with Crippen LogP contribution in [0.1, 0.15) is 45.5 Å². The number of anilines is 6. The lowest BCUT2D eigenvalue weighted by Gasteiger charge is -2.36. The van der Waals surface area contributed by atoms with Gasteiger partial charge in [0.25, 0.3) is 11.8 Å². The number of imide groups is 1. The maximum atomic E-state index is 13.0. The minimum absolute atomic E-state index is 0.0349. The van der Waals surface area contributed by atoms with Crippen LogP contribution in [0.25, 0.3) is 0 Å². The summed E-state index contributed by atoms with van der Waals surface area (Å²) in [5.41, 5.74) is 4.20. The van der Waals surface area contributed by atoms with Gasteiger partial charge in [-0.1, -0.05) is 29.8 Å². The van der Waals surface area contributed by atoms with Crippen molar-refractivity contribution in [2.24, 2.45) is 0 Å². The van der Waals surface area contributed by atoms with E-state index >= 15 is 0 Å². The number of aromatic nitrogens is 2. The summed E-state index contributed by atoms with van der Waals surface area (Å²) in [5.74, 6) is -1.41. The van der Waals surface area contributed by atoms with Crippen LogP contribution in [0, 0.1) is 0 Å². The highest BCUT2D eigenvalue weighted by Gasteiger charge is 2.40. The lowest BCUT2D eigenvalue weighted by atomic mass is 10.0. The monoisotopic (exact) mass is 953 g/mol. The molecule has 68 heavy (non-hydrogen) atoms. The molecule has 0 radical (unpaired) electrons. The van der Waals surface area contributed by atoms with E-state index in [-0.39, 0.29) is 112 Å². The second kappa shape index (κ2) is 23.5. The van der Waals surface area contributed by atoms with E-state index in [1.165, 1.54) is 11.1 Å². The summed E-state index contributed by atoms with van der Waals surface area (Å²) in [7, 11) is 1.56. The normalized spacial score (nSPS) is 15.6. The van der Waals surface area contributed by atoms with E-state index in [1.54, 1.807) is 54.4 Å². The quantitative estimate of drug-likeness (QED) is 0.0518. The SMILES string of the molecule is CNC(=O)c1ccccc1Nc1nc(Nc2ccc(N3CCN(C(=O)NCCOCC(=O)COCCOCCC(=O)Nc4cccc5c4CN(C4CCC(=O)NC4=O)C5=O)CC3)cc2)ncc1Cl. The van der Waals surface area contributed by atoms with Crippen molar-refractivity contribution in [3.05, 3.63) is 94.6 Å². The molecule has 0 saturated carbocycles. The van der Waals surface area contributed by atoms with E-state index in [0.717, 1.165) is 11.4 Å². The van der Waals surface area contributed by atoms with Gasteiger partial charge < -0.3 is 55.5 Å². The molecule has 6 N–H and O–H groups in total. The van der Waals surface area contributed by atoms with Gasteiger partial charge in [-0.15, -0.1) is 0 Å². The molecule has 21 nitrogen and oxygen atoms in total. The Hall–Kier alpha value is -7.20. The van der Waals surface area contributed by atoms with Gasteiger partial charge >= 0.3 is 6.03 Å².